The fraction of sp³-hybridized carbons (Fsp3) is 0.778. The van der Waals surface area contributed by atoms with Crippen molar-refractivity contribution in [3.63, 3.8) is 0 Å². The summed E-state index contributed by atoms with van der Waals surface area (Å²) in [7, 11) is 0. The summed E-state index contributed by atoms with van der Waals surface area (Å²) in [6.45, 7) is 8.07. The van der Waals surface area contributed by atoms with Gasteiger partial charge in [0.1, 0.15) is 0 Å². The van der Waals surface area contributed by atoms with Crippen molar-refractivity contribution in [1.29, 1.82) is 0 Å². The van der Waals surface area contributed by atoms with Crippen molar-refractivity contribution in [2.45, 2.75) is 26.9 Å². The molecule has 0 aromatic carbocycles. The molecule has 0 aliphatic rings. The maximum atomic E-state index is 5.34. The quantitative estimate of drug-likeness (QED) is 0.526. The molecule has 0 saturated carbocycles. The average Bonchev–Trinajstić information content (AvgIpc) is 2.01. The van der Waals surface area contributed by atoms with Crippen LogP contribution in [-0.4, -0.2) is 25.9 Å². The minimum Gasteiger partial charge on any atom is -0.378 e. The van der Waals surface area contributed by atoms with Gasteiger partial charge in [-0.3, -0.25) is 0 Å². The van der Waals surface area contributed by atoms with E-state index >= 15 is 0 Å². The van der Waals surface area contributed by atoms with E-state index in [9.17, 15) is 0 Å². The van der Waals surface area contributed by atoms with Crippen LogP contribution in [0.3, 0.4) is 0 Å². The summed E-state index contributed by atoms with van der Waals surface area (Å²) in [5, 5.41) is 0. The van der Waals surface area contributed by atoms with Gasteiger partial charge in [0.25, 0.3) is 0 Å². The molecule has 66 valence electrons. The van der Waals surface area contributed by atoms with E-state index < -0.39 is 0 Å². The highest BCUT2D eigenvalue weighted by molar-refractivity contribution is 4.57. The van der Waals surface area contributed by atoms with Crippen molar-refractivity contribution < 1.29 is 9.47 Å². The van der Waals surface area contributed by atoms with Crippen molar-refractivity contribution in [3.05, 3.63) is 12.8 Å². The minimum absolute atomic E-state index is 0.200. The predicted octanol–water partition coefficient (Wildman–Crippen LogP) is 1.86. The van der Waals surface area contributed by atoms with Crippen molar-refractivity contribution in [2.75, 3.05) is 19.8 Å². The van der Waals surface area contributed by atoms with Gasteiger partial charge < -0.3 is 9.47 Å². The molecular weight excluding hydrogens is 140 g/mol. The molecule has 0 aliphatic carbocycles. The lowest BCUT2D eigenvalue weighted by molar-refractivity contribution is 0.00721. The third kappa shape index (κ3) is 7.82. The third-order valence-corrected chi connectivity index (χ3v) is 1.18. The summed E-state index contributed by atoms with van der Waals surface area (Å²) in [6.07, 6.45) is 4.17. The summed E-state index contributed by atoms with van der Waals surface area (Å²) in [5.74, 6) is 0. The molecule has 0 heterocycles. The van der Waals surface area contributed by atoms with Gasteiger partial charge in [-0.1, -0.05) is 13.8 Å². The zero-order chi connectivity index (χ0) is 8.53. The van der Waals surface area contributed by atoms with Crippen molar-refractivity contribution in [2.24, 2.45) is 0 Å². The first-order chi connectivity index (χ1) is 5.31. The topological polar surface area (TPSA) is 18.5 Å². The van der Waals surface area contributed by atoms with Gasteiger partial charge in [-0.05, 0) is 19.8 Å². The predicted molar refractivity (Wildman–Crippen MR) is 46.2 cm³/mol. The lowest BCUT2D eigenvalue weighted by atomic mass is 10.4. The molecule has 2 nitrogen and oxygen atoms in total. The van der Waals surface area contributed by atoms with Crippen LogP contribution in [0, 0.1) is 12.8 Å². The lowest BCUT2D eigenvalue weighted by Crippen LogP contribution is -2.16. The SMILES string of the molecule is C[CH]COCC(C)OC[CH]C. The molecule has 1 unspecified atom stereocenters. The first kappa shape index (κ1) is 10.9. The van der Waals surface area contributed by atoms with E-state index in [2.05, 4.69) is 0 Å². The Morgan fingerprint density at radius 3 is 2.36 bits per heavy atom. The second-order valence-corrected chi connectivity index (χ2v) is 2.50. The van der Waals surface area contributed by atoms with Gasteiger partial charge >= 0.3 is 0 Å². The number of rotatable bonds is 7. The monoisotopic (exact) mass is 158 g/mol. The highest BCUT2D eigenvalue weighted by Crippen LogP contribution is 1.93. The molecule has 2 radical (unpaired) electrons. The molecule has 2 heteroatoms. The molecule has 0 N–H and O–H groups in total. The van der Waals surface area contributed by atoms with E-state index in [-0.39, 0.29) is 6.10 Å². The van der Waals surface area contributed by atoms with E-state index in [4.69, 9.17) is 9.47 Å². The minimum atomic E-state index is 0.200. The van der Waals surface area contributed by atoms with E-state index in [0.29, 0.717) is 19.8 Å². The largest absolute Gasteiger partial charge is 0.378 e. The summed E-state index contributed by atoms with van der Waals surface area (Å²) in [6, 6.07) is 0. The van der Waals surface area contributed by atoms with Crippen LogP contribution in [-0.2, 0) is 9.47 Å². The van der Waals surface area contributed by atoms with E-state index in [1.807, 2.05) is 33.6 Å². The molecular formula is C9H18O2. The molecule has 0 fully saturated rings. The second kappa shape index (κ2) is 8.02. The Morgan fingerprint density at radius 2 is 1.82 bits per heavy atom. The van der Waals surface area contributed by atoms with Gasteiger partial charge in [0.2, 0.25) is 0 Å². The summed E-state index contributed by atoms with van der Waals surface area (Å²) >= 11 is 0. The molecule has 0 rings (SSSR count). The van der Waals surface area contributed by atoms with Gasteiger partial charge in [0.05, 0.1) is 12.7 Å². The molecule has 0 spiro atoms. The highest BCUT2D eigenvalue weighted by atomic mass is 16.5. The Morgan fingerprint density at radius 1 is 1.18 bits per heavy atom. The maximum Gasteiger partial charge on any atom is 0.0780 e. The van der Waals surface area contributed by atoms with Crippen LogP contribution in [0.15, 0.2) is 0 Å². The third-order valence-electron chi connectivity index (χ3n) is 1.18. The molecule has 0 saturated heterocycles. The van der Waals surface area contributed by atoms with E-state index in [1.54, 1.807) is 0 Å². The molecule has 11 heavy (non-hydrogen) atoms. The van der Waals surface area contributed by atoms with Crippen LogP contribution >= 0.6 is 0 Å². The van der Waals surface area contributed by atoms with Crippen molar-refractivity contribution >= 4 is 0 Å². The second-order valence-electron chi connectivity index (χ2n) is 2.50. The number of hydrogen-bond donors (Lipinski definition) is 0. The summed E-state index contributed by atoms with van der Waals surface area (Å²) in [4.78, 5) is 0. The number of ether oxygens (including phenoxy) is 2. The fourth-order valence-corrected chi connectivity index (χ4v) is 0.660. The van der Waals surface area contributed by atoms with Crippen LogP contribution in [0.25, 0.3) is 0 Å². The van der Waals surface area contributed by atoms with Gasteiger partial charge in [-0.25, -0.2) is 0 Å². The summed E-state index contributed by atoms with van der Waals surface area (Å²) < 4.78 is 10.6. The molecule has 0 aliphatic heterocycles. The molecule has 1 atom stereocenters. The molecule has 0 bridgehead atoms. The van der Waals surface area contributed by atoms with E-state index in [1.165, 1.54) is 0 Å². The van der Waals surface area contributed by atoms with Gasteiger partial charge in [0, 0.05) is 13.2 Å². The van der Waals surface area contributed by atoms with Crippen molar-refractivity contribution in [3.8, 4) is 0 Å². The van der Waals surface area contributed by atoms with Gasteiger partial charge in [-0.15, -0.1) is 0 Å². The Hall–Kier alpha value is -0.0800. The maximum absolute atomic E-state index is 5.34. The van der Waals surface area contributed by atoms with Crippen LogP contribution in [0.5, 0.6) is 0 Å². The average molecular weight is 158 g/mol. The lowest BCUT2D eigenvalue weighted by Gasteiger charge is -2.11. The molecule has 0 aromatic heterocycles. The summed E-state index contributed by atoms with van der Waals surface area (Å²) in [5.41, 5.74) is 0. The molecule has 0 amide bonds. The smallest absolute Gasteiger partial charge is 0.0780 e. The van der Waals surface area contributed by atoms with Crippen LogP contribution in [0.2, 0.25) is 0 Å². The molecule has 0 aromatic rings. The number of hydrogen-bond acceptors (Lipinski definition) is 2. The normalized spacial score (nSPS) is 13.4. The van der Waals surface area contributed by atoms with Crippen molar-refractivity contribution in [1.82, 2.24) is 0 Å². The Kier molecular flexibility index (Phi) is 7.96. The zero-order valence-electron chi connectivity index (χ0n) is 7.67. The Labute approximate surface area is 69.9 Å². The Bertz CT molecular complexity index is 74.0. The first-order valence-electron chi connectivity index (χ1n) is 4.06. The van der Waals surface area contributed by atoms with Crippen LogP contribution < -0.4 is 0 Å². The zero-order valence-corrected chi connectivity index (χ0v) is 7.67. The van der Waals surface area contributed by atoms with E-state index in [0.717, 1.165) is 0 Å². The standard InChI is InChI=1S/C9H18O2/c1-4-6-10-8-9(3)11-7-5-2/h4-5,9H,6-8H2,1-3H3. The highest BCUT2D eigenvalue weighted by Gasteiger charge is 1.99. The first-order valence-corrected chi connectivity index (χ1v) is 4.06. The van der Waals surface area contributed by atoms with Crippen LogP contribution in [0.4, 0.5) is 0 Å². The fourth-order valence-electron chi connectivity index (χ4n) is 0.660. The van der Waals surface area contributed by atoms with Gasteiger partial charge in [0.15, 0.2) is 0 Å². The Balaban J connectivity index is 3.02. The van der Waals surface area contributed by atoms with Crippen LogP contribution in [0.1, 0.15) is 20.8 Å². The van der Waals surface area contributed by atoms with Gasteiger partial charge in [-0.2, -0.15) is 0 Å².